The van der Waals surface area contributed by atoms with Gasteiger partial charge in [-0.05, 0) is 37.6 Å². The lowest BCUT2D eigenvalue weighted by Gasteiger charge is -2.28. The highest BCUT2D eigenvalue weighted by Gasteiger charge is 2.44. The first-order chi connectivity index (χ1) is 8.13. The number of nitrogens with two attached hydrogens (primary N) is 1. The Morgan fingerprint density at radius 2 is 2.29 bits per heavy atom. The van der Waals surface area contributed by atoms with Crippen molar-refractivity contribution in [3.05, 3.63) is 0 Å². The Balaban J connectivity index is 1.80. The molecule has 0 radical (unpaired) electrons. The molecule has 0 aromatic carbocycles. The number of ether oxygens (including phenoxy) is 1. The highest BCUT2D eigenvalue weighted by atomic mass is 16.5. The summed E-state index contributed by atoms with van der Waals surface area (Å²) in [5, 5.41) is 7.45. The Morgan fingerprint density at radius 1 is 1.53 bits per heavy atom. The van der Waals surface area contributed by atoms with E-state index in [1.807, 2.05) is 0 Å². The van der Waals surface area contributed by atoms with Crippen LogP contribution in [0.15, 0.2) is 0 Å². The Kier molecular flexibility index (Phi) is 4.05. The predicted molar refractivity (Wildman–Crippen MR) is 69.3 cm³/mol. The summed E-state index contributed by atoms with van der Waals surface area (Å²) in [5.74, 6) is 0.343. The van der Waals surface area contributed by atoms with Gasteiger partial charge in [-0.3, -0.25) is 5.41 Å². The molecule has 0 bridgehead atoms. The van der Waals surface area contributed by atoms with Gasteiger partial charge >= 0.3 is 0 Å². The van der Waals surface area contributed by atoms with Crippen LogP contribution in [0, 0.1) is 10.8 Å². The number of nitrogens with one attached hydrogen (secondary N) is 1. The molecule has 0 aromatic rings. The van der Waals surface area contributed by atoms with Crippen molar-refractivity contribution >= 4 is 5.84 Å². The zero-order chi connectivity index (χ0) is 12.3. The summed E-state index contributed by atoms with van der Waals surface area (Å²) in [7, 11) is 0. The lowest BCUT2D eigenvalue weighted by atomic mass is 10.0. The highest BCUT2D eigenvalue weighted by Crippen LogP contribution is 2.49. The maximum absolute atomic E-state index is 7.45. The molecule has 1 atom stereocenters. The second-order valence-corrected chi connectivity index (χ2v) is 5.66. The van der Waals surface area contributed by atoms with Crippen molar-refractivity contribution in [3.8, 4) is 0 Å². The van der Waals surface area contributed by atoms with E-state index in [9.17, 15) is 0 Å². The van der Waals surface area contributed by atoms with Gasteiger partial charge in [0.05, 0.1) is 11.9 Å². The van der Waals surface area contributed by atoms with Crippen LogP contribution in [0.2, 0.25) is 0 Å². The van der Waals surface area contributed by atoms with E-state index in [0.29, 0.717) is 17.4 Å². The summed E-state index contributed by atoms with van der Waals surface area (Å²) in [6.07, 6.45) is 6.08. The summed E-state index contributed by atoms with van der Waals surface area (Å²) >= 11 is 0. The molecular weight excluding hydrogens is 214 g/mol. The third kappa shape index (κ3) is 3.68. The van der Waals surface area contributed by atoms with Gasteiger partial charge in [0.2, 0.25) is 0 Å². The second kappa shape index (κ2) is 5.36. The van der Waals surface area contributed by atoms with E-state index < -0.39 is 0 Å². The van der Waals surface area contributed by atoms with E-state index >= 15 is 0 Å². The Bertz CT molecular complexity index is 270. The van der Waals surface area contributed by atoms with Crippen LogP contribution in [0.25, 0.3) is 0 Å². The fraction of sp³-hybridized carbons (Fsp3) is 0.923. The maximum atomic E-state index is 7.45. The first-order valence-corrected chi connectivity index (χ1v) is 6.80. The van der Waals surface area contributed by atoms with Crippen molar-refractivity contribution < 1.29 is 4.74 Å². The quantitative estimate of drug-likeness (QED) is 0.524. The van der Waals surface area contributed by atoms with Gasteiger partial charge in [0.1, 0.15) is 0 Å². The van der Waals surface area contributed by atoms with E-state index in [-0.39, 0.29) is 0 Å². The van der Waals surface area contributed by atoms with Crippen LogP contribution < -0.4 is 5.73 Å². The minimum absolute atomic E-state index is 0.320. The standard InChI is InChI=1S/C13H25N3O/c1-2-16(9-11-4-3-7-17-11)10-13(5-6-13)8-12(14)15/h11H,2-10H2,1H3,(H3,14,15). The smallest absolute Gasteiger partial charge is 0.0911 e. The number of rotatable bonds is 7. The van der Waals surface area contributed by atoms with Gasteiger partial charge in [0.25, 0.3) is 0 Å². The lowest BCUT2D eigenvalue weighted by molar-refractivity contribution is 0.0680. The molecule has 2 fully saturated rings. The molecule has 17 heavy (non-hydrogen) atoms. The van der Waals surface area contributed by atoms with Crippen molar-refractivity contribution in [2.75, 3.05) is 26.2 Å². The number of hydrogen-bond acceptors (Lipinski definition) is 3. The molecule has 98 valence electrons. The minimum Gasteiger partial charge on any atom is -0.388 e. The molecular formula is C13H25N3O. The van der Waals surface area contributed by atoms with Gasteiger partial charge in [0.15, 0.2) is 0 Å². The van der Waals surface area contributed by atoms with Crippen LogP contribution in [-0.4, -0.2) is 43.1 Å². The monoisotopic (exact) mass is 239 g/mol. The Labute approximate surface area is 104 Å². The second-order valence-electron chi connectivity index (χ2n) is 5.66. The zero-order valence-electron chi connectivity index (χ0n) is 10.9. The van der Waals surface area contributed by atoms with Gasteiger partial charge in [-0.2, -0.15) is 0 Å². The predicted octanol–water partition coefficient (Wildman–Crippen LogP) is 1.59. The number of nitrogens with zero attached hydrogens (tertiary/aromatic N) is 1. The number of likely N-dealkylation sites (N-methyl/N-ethyl adjacent to an activating group) is 1. The molecule has 2 aliphatic rings. The molecule has 1 aliphatic heterocycles. The molecule has 1 heterocycles. The average Bonchev–Trinajstić information content (AvgIpc) is 2.81. The van der Waals surface area contributed by atoms with Crippen molar-refractivity contribution in [1.29, 1.82) is 5.41 Å². The van der Waals surface area contributed by atoms with Gasteiger partial charge in [-0.15, -0.1) is 0 Å². The van der Waals surface area contributed by atoms with Gasteiger partial charge in [0, 0.05) is 26.1 Å². The van der Waals surface area contributed by atoms with Gasteiger partial charge < -0.3 is 15.4 Å². The van der Waals surface area contributed by atoms with Crippen LogP contribution in [0.4, 0.5) is 0 Å². The molecule has 1 unspecified atom stereocenters. The van der Waals surface area contributed by atoms with Crippen LogP contribution >= 0.6 is 0 Å². The molecule has 4 heteroatoms. The first kappa shape index (κ1) is 12.8. The Morgan fingerprint density at radius 3 is 2.76 bits per heavy atom. The highest BCUT2D eigenvalue weighted by molar-refractivity contribution is 5.78. The largest absolute Gasteiger partial charge is 0.388 e. The average molecular weight is 239 g/mol. The zero-order valence-corrected chi connectivity index (χ0v) is 10.9. The third-order valence-corrected chi connectivity index (χ3v) is 4.01. The van der Waals surface area contributed by atoms with E-state index in [0.717, 1.165) is 32.7 Å². The summed E-state index contributed by atoms with van der Waals surface area (Å²) in [6, 6.07) is 0. The normalized spacial score (nSPS) is 26.4. The summed E-state index contributed by atoms with van der Waals surface area (Å²) in [4.78, 5) is 2.48. The lowest BCUT2D eigenvalue weighted by Crippen LogP contribution is -2.37. The summed E-state index contributed by atoms with van der Waals surface area (Å²) < 4.78 is 5.69. The van der Waals surface area contributed by atoms with Crippen LogP contribution in [0.5, 0.6) is 0 Å². The third-order valence-electron chi connectivity index (χ3n) is 4.01. The minimum atomic E-state index is 0.320. The summed E-state index contributed by atoms with van der Waals surface area (Å²) in [6.45, 7) is 6.35. The molecule has 4 nitrogen and oxygen atoms in total. The van der Waals surface area contributed by atoms with Crippen LogP contribution in [-0.2, 0) is 4.74 Å². The maximum Gasteiger partial charge on any atom is 0.0911 e. The van der Waals surface area contributed by atoms with E-state index in [4.69, 9.17) is 15.9 Å². The molecule has 2 rings (SSSR count). The van der Waals surface area contributed by atoms with Gasteiger partial charge in [-0.1, -0.05) is 6.92 Å². The molecule has 3 N–H and O–H groups in total. The number of hydrogen-bond donors (Lipinski definition) is 2. The first-order valence-electron chi connectivity index (χ1n) is 6.80. The van der Waals surface area contributed by atoms with Crippen molar-refractivity contribution in [2.24, 2.45) is 11.1 Å². The molecule has 0 spiro atoms. The Hall–Kier alpha value is -0.610. The SMILES string of the molecule is CCN(CC1CCCO1)CC1(CC(=N)N)CC1. The topological polar surface area (TPSA) is 62.3 Å². The van der Waals surface area contributed by atoms with Crippen molar-refractivity contribution in [2.45, 2.75) is 45.1 Å². The van der Waals surface area contributed by atoms with Crippen LogP contribution in [0.3, 0.4) is 0 Å². The van der Waals surface area contributed by atoms with Gasteiger partial charge in [-0.25, -0.2) is 0 Å². The fourth-order valence-electron chi connectivity index (χ4n) is 2.83. The summed E-state index contributed by atoms with van der Waals surface area (Å²) in [5.41, 5.74) is 5.86. The van der Waals surface area contributed by atoms with Crippen LogP contribution in [0.1, 0.15) is 39.0 Å². The number of amidine groups is 1. The molecule has 1 aliphatic carbocycles. The van der Waals surface area contributed by atoms with E-state index in [1.165, 1.54) is 25.7 Å². The van der Waals surface area contributed by atoms with E-state index in [1.54, 1.807) is 0 Å². The fourth-order valence-corrected chi connectivity index (χ4v) is 2.83. The van der Waals surface area contributed by atoms with Crippen molar-refractivity contribution in [3.63, 3.8) is 0 Å². The molecule has 1 saturated heterocycles. The molecule has 0 amide bonds. The molecule has 1 saturated carbocycles. The van der Waals surface area contributed by atoms with Crippen molar-refractivity contribution in [1.82, 2.24) is 4.90 Å². The molecule has 0 aromatic heterocycles. The van der Waals surface area contributed by atoms with E-state index in [2.05, 4.69) is 11.8 Å².